The molecule has 1 heterocycles. The fraction of sp³-hybridized carbons (Fsp3) is 0.409. The largest absolute Gasteiger partial charge is 0.491 e. The van der Waals surface area contributed by atoms with Gasteiger partial charge < -0.3 is 19.8 Å². The van der Waals surface area contributed by atoms with Gasteiger partial charge in [0.2, 0.25) is 5.91 Å². The van der Waals surface area contributed by atoms with Crippen molar-refractivity contribution in [2.45, 2.75) is 18.6 Å². The number of aliphatic hydroxyl groups excluding tert-OH is 2. The molecule has 2 N–H and O–H groups in total. The highest BCUT2D eigenvalue weighted by Crippen LogP contribution is 2.27. The number of rotatable bonds is 9. The Kier molecular flexibility index (Phi) is 7.97. The second kappa shape index (κ2) is 10.5. The van der Waals surface area contributed by atoms with Crippen LogP contribution in [-0.4, -0.2) is 71.9 Å². The van der Waals surface area contributed by atoms with Crippen molar-refractivity contribution in [1.29, 1.82) is 0 Å². The third-order valence-corrected chi connectivity index (χ3v) is 5.93. The van der Waals surface area contributed by atoms with Crippen LogP contribution >= 0.6 is 23.2 Å². The van der Waals surface area contributed by atoms with E-state index >= 15 is 0 Å². The van der Waals surface area contributed by atoms with Crippen molar-refractivity contribution < 1.29 is 19.7 Å². The van der Waals surface area contributed by atoms with E-state index in [4.69, 9.17) is 33.0 Å². The highest BCUT2D eigenvalue weighted by molar-refractivity contribution is 6.42. The molecule has 2 aromatic rings. The molecule has 3 rings (SSSR count). The smallest absolute Gasteiger partial charge is 0.227 e. The summed E-state index contributed by atoms with van der Waals surface area (Å²) in [5, 5.41) is 19.4. The van der Waals surface area contributed by atoms with Crippen LogP contribution in [0.25, 0.3) is 0 Å². The number of hydrogen-bond donors (Lipinski definition) is 2. The summed E-state index contributed by atoms with van der Waals surface area (Å²) < 4.78 is 5.43. The molecule has 1 atom stereocenters. The van der Waals surface area contributed by atoms with Crippen LogP contribution in [0.4, 0.5) is 0 Å². The summed E-state index contributed by atoms with van der Waals surface area (Å²) in [7, 11) is 1.79. The number of ether oxygens (including phenoxy) is 1. The highest BCUT2D eigenvalue weighted by Gasteiger charge is 2.30. The van der Waals surface area contributed by atoms with Gasteiger partial charge in [0.1, 0.15) is 12.4 Å². The first-order valence-electron chi connectivity index (χ1n) is 9.81. The maximum Gasteiger partial charge on any atom is 0.227 e. The van der Waals surface area contributed by atoms with Crippen LogP contribution in [0.15, 0.2) is 42.5 Å². The molecule has 2 aromatic carbocycles. The van der Waals surface area contributed by atoms with E-state index in [0.717, 1.165) is 11.1 Å². The van der Waals surface area contributed by atoms with Gasteiger partial charge in [0.05, 0.1) is 35.2 Å². The first-order chi connectivity index (χ1) is 14.4. The second-order valence-corrected chi connectivity index (χ2v) is 8.27. The van der Waals surface area contributed by atoms with Gasteiger partial charge in [-0.1, -0.05) is 41.4 Å². The Balaban J connectivity index is 1.74. The van der Waals surface area contributed by atoms with Gasteiger partial charge in [-0.15, -0.1) is 0 Å². The molecular weight excluding hydrogens is 427 g/mol. The number of aliphatic hydroxyl groups is 2. The van der Waals surface area contributed by atoms with E-state index in [0.29, 0.717) is 35.4 Å². The fourth-order valence-corrected chi connectivity index (χ4v) is 3.78. The monoisotopic (exact) mass is 452 g/mol. The molecule has 1 aliphatic heterocycles. The predicted octanol–water partition coefficient (Wildman–Crippen LogP) is 2.78. The van der Waals surface area contributed by atoms with Crippen molar-refractivity contribution in [2.75, 3.05) is 39.9 Å². The van der Waals surface area contributed by atoms with Crippen molar-refractivity contribution in [3.05, 3.63) is 63.6 Å². The third-order valence-electron chi connectivity index (χ3n) is 5.19. The summed E-state index contributed by atoms with van der Waals surface area (Å²) in [4.78, 5) is 16.9. The molecule has 30 heavy (non-hydrogen) atoms. The molecule has 0 aromatic heterocycles. The lowest BCUT2D eigenvalue weighted by Crippen LogP contribution is -2.53. The number of carbonyl (C=O) groups is 1. The van der Waals surface area contributed by atoms with E-state index in [2.05, 4.69) is 4.90 Å². The molecular formula is C22H26Cl2N2O4. The molecule has 162 valence electrons. The quantitative estimate of drug-likeness (QED) is 0.611. The average Bonchev–Trinajstić information content (AvgIpc) is 2.71. The lowest BCUT2D eigenvalue weighted by Gasteiger charge is -2.40. The maximum absolute atomic E-state index is 13.0. The standard InChI is InChI=1S/C22H26Cl2N2O4/c1-25(22(29)11-15-2-7-19(23)20(24)10-15)21(14-26-12-17(28)13-26)16-3-5-18(6-4-16)30-9-8-27/h2-7,10,17,21,27-28H,8-9,11-14H2,1H3/t21-/m1/s1. The molecule has 1 amide bonds. The Morgan fingerprint density at radius 2 is 1.90 bits per heavy atom. The molecule has 0 unspecified atom stereocenters. The number of amides is 1. The van der Waals surface area contributed by atoms with Gasteiger partial charge in [-0.05, 0) is 35.4 Å². The second-order valence-electron chi connectivity index (χ2n) is 7.46. The molecule has 1 aliphatic rings. The summed E-state index contributed by atoms with van der Waals surface area (Å²) in [5.74, 6) is 0.621. The Bertz CT molecular complexity index is 857. The zero-order valence-electron chi connectivity index (χ0n) is 16.8. The van der Waals surface area contributed by atoms with Crippen molar-refractivity contribution in [3.8, 4) is 5.75 Å². The van der Waals surface area contributed by atoms with Gasteiger partial charge in [0, 0.05) is 26.7 Å². The van der Waals surface area contributed by atoms with E-state index in [1.807, 2.05) is 24.3 Å². The zero-order chi connectivity index (χ0) is 21.7. The van der Waals surface area contributed by atoms with Gasteiger partial charge in [-0.25, -0.2) is 0 Å². The summed E-state index contributed by atoms with van der Waals surface area (Å²) in [6.45, 7) is 2.01. The minimum absolute atomic E-state index is 0.0416. The van der Waals surface area contributed by atoms with Gasteiger partial charge in [-0.2, -0.15) is 0 Å². The molecule has 0 aliphatic carbocycles. The van der Waals surface area contributed by atoms with Crippen molar-refractivity contribution in [1.82, 2.24) is 9.80 Å². The molecule has 6 nitrogen and oxygen atoms in total. The summed E-state index contributed by atoms with van der Waals surface area (Å²) in [6.07, 6.45) is -0.0957. The Hall–Kier alpha value is -1.83. The van der Waals surface area contributed by atoms with Gasteiger partial charge in [0.25, 0.3) is 0 Å². The number of halogens is 2. The van der Waals surface area contributed by atoms with Gasteiger partial charge in [0.15, 0.2) is 0 Å². The van der Waals surface area contributed by atoms with Crippen LogP contribution in [0, 0.1) is 0 Å². The molecule has 8 heteroatoms. The number of nitrogens with zero attached hydrogens (tertiary/aromatic N) is 2. The van der Waals surface area contributed by atoms with Gasteiger partial charge >= 0.3 is 0 Å². The fourth-order valence-electron chi connectivity index (χ4n) is 3.46. The van der Waals surface area contributed by atoms with Crippen LogP contribution in [0.2, 0.25) is 10.0 Å². The molecule has 0 spiro atoms. The molecule has 0 radical (unpaired) electrons. The molecule has 1 saturated heterocycles. The minimum Gasteiger partial charge on any atom is -0.491 e. The number of likely N-dealkylation sites (N-methyl/N-ethyl adjacent to an activating group) is 1. The maximum atomic E-state index is 13.0. The normalized spacial score (nSPS) is 15.5. The number of likely N-dealkylation sites (tertiary alicyclic amines) is 1. The summed E-state index contributed by atoms with van der Waals surface area (Å²) in [6, 6.07) is 12.5. The van der Waals surface area contributed by atoms with Gasteiger partial charge in [-0.3, -0.25) is 9.69 Å². The molecule has 0 bridgehead atoms. The number of hydrogen-bond acceptors (Lipinski definition) is 5. The van der Waals surface area contributed by atoms with E-state index in [9.17, 15) is 9.90 Å². The highest BCUT2D eigenvalue weighted by atomic mass is 35.5. The minimum atomic E-state index is -0.308. The van der Waals surface area contributed by atoms with Crippen LogP contribution < -0.4 is 4.74 Å². The third kappa shape index (κ3) is 5.86. The van der Waals surface area contributed by atoms with E-state index in [1.54, 1.807) is 30.1 Å². The van der Waals surface area contributed by atoms with Crippen LogP contribution in [-0.2, 0) is 11.2 Å². The number of β-amino-alcohol motifs (C(OH)–C–C–N with tert-alkyl or cyclic N) is 1. The summed E-state index contributed by atoms with van der Waals surface area (Å²) in [5.41, 5.74) is 1.77. The number of benzene rings is 2. The molecule has 0 saturated carbocycles. The zero-order valence-corrected chi connectivity index (χ0v) is 18.3. The lowest BCUT2D eigenvalue weighted by molar-refractivity contribution is -0.132. The first-order valence-corrected chi connectivity index (χ1v) is 10.6. The van der Waals surface area contributed by atoms with Crippen molar-refractivity contribution in [2.24, 2.45) is 0 Å². The predicted molar refractivity (Wildman–Crippen MR) is 117 cm³/mol. The van der Waals surface area contributed by atoms with Crippen LogP contribution in [0.5, 0.6) is 5.75 Å². The molecule has 1 fully saturated rings. The first kappa shape index (κ1) is 22.8. The van der Waals surface area contributed by atoms with Crippen molar-refractivity contribution in [3.63, 3.8) is 0 Å². The van der Waals surface area contributed by atoms with Crippen LogP contribution in [0.3, 0.4) is 0 Å². The lowest BCUT2D eigenvalue weighted by atomic mass is 10.0. The summed E-state index contributed by atoms with van der Waals surface area (Å²) >= 11 is 12.0. The Morgan fingerprint density at radius 3 is 2.50 bits per heavy atom. The average molecular weight is 453 g/mol. The van der Waals surface area contributed by atoms with Crippen molar-refractivity contribution >= 4 is 29.1 Å². The SMILES string of the molecule is CN(C(=O)Cc1ccc(Cl)c(Cl)c1)[C@H](CN1CC(O)C1)c1ccc(OCCO)cc1. The van der Waals surface area contributed by atoms with Crippen LogP contribution in [0.1, 0.15) is 17.2 Å². The topological polar surface area (TPSA) is 73.2 Å². The Labute approximate surface area is 186 Å². The van der Waals surface area contributed by atoms with E-state index in [-0.39, 0.29) is 37.7 Å². The number of carbonyl (C=O) groups excluding carboxylic acids is 1. The van der Waals surface area contributed by atoms with E-state index in [1.165, 1.54) is 0 Å². The Morgan fingerprint density at radius 1 is 1.20 bits per heavy atom. The van der Waals surface area contributed by atoms with E-state index < -0.39 is 0 Å².